The van der Waals surface area contributed by atoms with Crippen molar-refractivity contribution in [3.63, 3.8) is 0 Å². The van der Waals surface area contributed by atoms with Gasteiger partial charge in [-0.05, 0) is 38.3 Å². The van der Waals surface area contributed by atoms with E-state index < -0.39 is 0 Å². The quantitative estimate of drug-likeness (QED) is 0.869. The second-order valence-corrected chi connectivity index (χ2v) is 5.70. The Kier molecular flexibility index (Phi) is 4.86. The van der Waals surface area contributed by atoms with Crippen LogP contribution in [0.5, 0.6) is 0 Å². The van der Waals surface area contributed by atoms with Gasteiger partial charge in [0, 0.05) is 37.7 Å². The summed E-state index contributed by atoms with van der Waals surface area (Å²) in [5.74, 6) is 0.660. The van der Waals surface area contributed by atoms with Crippen LogP contribution in [0.1, 0.15) is 36.5 Å². The molecule has 2 aromatic rings. The number of likely N-dealkylation sites (tertiary alicyclic amines) is 1. The standard InChI is InChI=1S/C18H22N4O/c1-2-22(16-9-5-3-6-10-16)18-19-13-15(14-20-18)17(23)21-11-7-4-8-12-21/h3,5-6,9-10,13-14H,2,4,7-8,11-12H2,1H3. The van der Waals surface area contributed by atoms with Crippen LogP contribution in [-0.2, 0) is 0 Å². The fourth-order valence-corrected chi connectivity index (χ4v) is 2.90. The summed E-state index contributed by atoms with van der Waals surface area (Å²) >= 11 is 0. The van der Waals surface area contributed by atoms with E-state index in [9.17, 15) is 4.79 Å². The van der Waals surface area contributed by atoms with Crippen LogP contribution in [0, 0.1) is 0 Å². The number of anilines is 2. The summed E-state index contributed by atoms with van der Waals surface area (Å²) < 4.78 is 0. The molecule has 2 heterocycles. The molecular weight excluding hydrogens is 288 g/mol. The van der Waals surface area contributed by atoms with Crippen LogP contribution in [0.15, 0.2) is 42.7 Å². The first-order valence-electron chi connectivity index (χ1n) is 8.23. The molecule has 0 bridgehead atoms. The predicted molar refractivity (Wildman–Crippen MR) is 90.9 cm³/mol. The summed E-state index contributed by atoms with van der Waals surface area (Å²) in [6.45, 7) is 4.50. The monoisotopic (exact) mass is 310 g/mol. The molecule has 0 radical (unpaired) electrons. The SMILES string of the molecule is CCN(c1ccccc1)c1ncc(C(=O)N2CCCCC2)cn1. The average molecular weight is 310 g/mol. The Balaban J connectivity index is 1.77. The number of rotatable bonds is 4. The van der Waals surface area contributed by atoms with Gasteiger partial charge < -0.3 is 9.80 Å². The van der Waals surface area contributed by atoms with Crippen LogP contribution in [0.2, 0.25) is 0 Å². The van der Waals surface area contributed by atoms with Gasteiger partial charge in [-0.1, -0.05) is 18.2 Å². The summed E-state index contributed by atoms with van der Waals surface area (Å²) in [7, 11) is 0. The minimum atomic E-state index is 0.0407. The number of nitrogens with zero attached hydrogens (tertiary/aromatic N) is 4. The Labute approximate surface area is 137 Å². The molecule has 0 aliphatic carbocycles. The molecule has 5 nitrogen and oxygen atoms in total. The highest BCUT2D eigenvalue weighted by atomic mass is 16.2. The molecule has 120 valence electrons. The Morgan fingerprint density at radius 1 is 1.09 bits per heavy atom. The first-order valence-corrected chi connectivity index (χ1v) is 8.23. The number of carbonyl (C=O) groups is 1. The molecule has 1 fully saturated rings. The first-order chi connectivity index (χ1) is 11.3. The maximum atomic E-state index is 12.5. The van der Waals surface area contributed by atoms with Gasteiger partial charge in [0.05, 0.1) is 5.56 Å². The molecule has 0 spiro atoms. The highest BCUT2D eigenvalue weighted by Gasteiger charge is 2.19. The van der Waals surface area contributed by atoms with E-state index in [0.717, 1.165) is 38.2 Å². The van der Waals surface area contributed by atoms with Gasteiger partial charge in [-0.25, -0.2) is 9.97 Å². The maximum absolute atomic E-state index is 12.5. The van der Waals surface area contributed by atoms with Crippen LogP contribution in [0.25, 0.3) is 0 Å². The van der Waals surface area contributed by atoms with E-state index in [2.05, 4.69) is 16.9 Å². The second-order valence-electron chi connectivity index (χ2n) is 5.70. The van der Waals surface area contributed by atoms with Gasteiger partial charge in [0.1, 0.15) is 0 Å². The lowest BCUT2D eigenvalue weighted by atomic mass is 10.1. The van der Waals surface area contributed by atoms with Gasteiger partial charge in [-0.15, -0.1) is 0 Å². The minimum absolute atomic E-state index is 0.0407. The molecule has 1 aliphatic heterocycles. The van der Waals surface area contributed by atoms with Crippen molar-refractivity contribution >= 4 is 17.5 Å². The van der Waals surface area contributed by atoms with Crippen molar-refractivity contribution in [1.82, 2.24) is 14.9 Å². The van der Waals surface area contributed by atoms with E-state index in [-0.39, 0.29) is 5.91 Å². The van der Waals surface area contributed by atoms with E-state index in [1.54, 1.807) is 12.4 Å². The molecule has 0 atom stereocenters. The smallest absolute Gasteiger partial charge is 0.256 e. The molecule has 3 rings (SSSR count). The average Bonchev–Trinajstić information content (AvgIpc) is 2.64. The molecule has 1 aromatic heterocycles. The molecule has 1 amide bonds. The zero-order chi connectivity index (χ0) is 16.1. The fraction of sp³-hybridized carbons (Fsp3) is 0.389. The van der Waals surface area contributed by atoms with Gasteiger partial charge in [0.15, 0.2) is 0 Å². The molecular formula is C18H22N4O. The molecule has 1 saturated heterocycles. The molecule has 0 saturated carbocycles. The zero-order valence-electron chi connectivity index (χ0n) is 13.5. The number of aromatic nitrogens is 2. The van der Waals surface area contributed by atoms with Crippen molar-refractivity contribution in [2.24, 2.45) is 0 Å². The number of hydrogen-bond acceptors (Lipinski definition) is 4. The van der Waals surface area contributed by atoms with E-state index in [4.69, 9.17) is 0 Å². The van der Waals surface area contributed by atoms with Crippen molar-refractivity contribution in [2.75, 3.05) is 24.5 Å². The zero-order valence-corrected chi connectivity index (χ0v) is 13.5. The van der Waals surface area contributed by atoms with Crippen LogP contribution < -0.4 is 4.90 Å². The number of benzene rings is 1. The second kappa shape index (κ2) is 7.22. The van der Waals surface area contributed by atoms with Crippen LogP contribution in [-0.4, -0.2) is 40.4 Å². The highest BCUT2D eigenvalue weighted by Crippen LogP contribution is 2.21. The van der Waals surface area contributed by atoms with Crippen LogP contribution in [0.4, 0.5) is 11.6 Å². The van der Waals surface area contributed by atoms with Crippen LogP contribution in [0.3, 0.4) is 0 Å². The van der Waals surface area contributed by atoms with E-state index in [0.29, 0.717) is 11.5 Å². The van der Waals surface area contributed by atoms with Crippen molar-refractivity contribution in [3.05, 3.63) is 48.3 Å². The van der Waals surface area contributed by atoms with Gasteiger partial charge in [-0.3, -0.25) is 4.79 Å². The molecule has 1 aromatic carbocycles. The predicted octanol–water partition coefficient (Wildman–Crippen LogP) is 3.26. The van der Waals surface area contributed by atoms with E-state index in [1.165, 1.54) is 6.42 Å². The Bertz CT molecular complexity index is 636. The Morgan fingerprint density at radius 3 is 2.35 bits per heavy atom. The van der Waals surface area contributed by atoms with Gasteiger partial charge >= 0.3 is 0 Å². The topological polar surface area (TPSA) is 49.3 Å². The minimum Gasteiger partial charge on any atom is -0.339 e. The molecule has 23 heavy (non-hydrogen) atoms. The number of carbonyl (C=O) groups excluding carboxylic acids is 1. The maximum Gasteiger partial charge on any atom is 0.256 e. The van der Waals surface area contributed by atoms with Gasteiger partial charge in [0.25, 0.3) is 5.91 Å². The number of amides is 1. The van der Waals surface area contributed by atoms with Gasteiger partial charge in [-0.2, -0.15) is 0 Å². The number of para-hydroxylation sites is 1. The summed E-state index contributed by atoms with van der Waals surface area (Å²) in [4.78, 5) is 25.2. The number of hydrogen-bond donors (Lipinski definition) is 0. The highest BCUT2D eigenvalue weighted by molar-refractivity contribution is 5.93. The Hall–Kier alpha value is -2.43. The van der Waals surface area contributed by atoms with Gasteiger partial charge in [0.2, 0.25) is 5.95 Å². The van der Waals surface area contributed by atoms with Crippen molar-refractivity contribution in [1.29, 1.82) is 0 Å². The summed E-state index contributed by atoms with van der Waals surface area (Å²) in [6.07, 6.45) is 6.67. The van der Waals surface area contributed by atoms with Crippen molar-refractivity contribution in [3.8, 4) is 0 Å². The normalized spacial score (nSPS) is 14.6. The summed E-state index contributed by atoms with van der Waals surface area (Å²) in [5, 5.41) is 0. The van der Waals surface area contributed by atoms with E-state index >= 15 is 0 Å². The molecule has 0 unspecified atom stereocenters. The number of piperidine rings is 1. The van der Waals surface area contributed by atoms with Crippen molar-refractivity contribution in [2.45, 2.75) is 26.2 Å². The summed E-state index contributed by atoms with van der Waals surface area (Å²) in [6, 6.07) is 10.0. The molecule has 1 aliphatic rings. The first kappa shape index (κ1) is 15.5. The molecule has 0 N–H and O–H groups in total. The molecule has 5 heteroatoms. The lowest BCUT2D eigenvalue weighted by Gasteiger charge is -2.26. The van der Waals surface area contributed by atoms with E-state index in [1.807, 2.05) is 40.1 Å². The third-order valence-corrected chi connectivity index (χ3v) is 4.15. The third kappa shape index (κ3) is 3.50. The summed E-state index contributed by atoms with van der Waals surface area (Å²) in [5.41, 5.74) is 1.62. The Morgan fingerprint density at radius 2 is 1.74 bits per heavy atom. The lowest BCUT2D eigenvalue weighted by Crippen LogP contribution is -2.35. The third-order valence-electron chi connectivity index (χ3n) is 4.15. The lowest BCUT2D eigenvalue weighted by molar-refractivity contribution is 0.0723. The van der Waals surface area contributed by atoms with Crippen LogP contribution >= 0.6 is 0 Å². The van der Waals surface area contributed by atoms with Crippen molar-refractivity contribution < 1.29 is 4.79 Å². The fourth-order valence-electron chi connectivity index (χ4n) is 2.90. The largest absolute Gasteiger partial charge is 0.339 e.